The van der Waals surface area contributed by atoms with E-state index < -0.39 is 24.2 Å². The molecule has 6 rings (SSSR count). The highest BCUT2D eigenvalue weighted by atomic mass is 35.5. The Hall–Kier alpha value is -4.43. The lowest BCUT2D eigenvalue weighted by Crippen LogP contribution is -2.30. The van der Waals surface area contributed by atoms with Crippen molar-refractivity contribution >= 4 is 51.8 Å². The van der Waals surface area contributed by atoms with Gasteiger partial charge in [-0.3, -0.25) is 19.3 Å². The molecule has 1 saturated carbocycles. The zero-order valence-corrected chi connectivity index (χ0v) is 24.4. The molecule has 2 heterocycles. The molecule has 0 spiro atoms. The Bertz CT molecular complexity index is 1790. The normalized spacial score (nSPS) is 19.9. The van der Waals surface area contributed by atoms with Gasteiger partial charge in [0.15, 0.2) is 12.4 Å². The minimum absolute atomic E-state index is 0.149. The van der Waals surface area contributed by atoms with E-state index in [4.69, 9.17) is 21.3 Å². The number of rotatable bonds is 6. The number of halogens is 2. The van der Waals surface area contributed by atoms with Crippen molar-refractivity contribution in [2.75, 3.05) is 11.5 Å². The van der Waals surface area contributed by atoms with Crippen LogP contribution in [0, 0.1) is 30.5 Å². The summed E-state index contributed by atoms with van der Waals surface area (Å²) in [4.78, 5) is 58.3. The summed E-state index contributed by atoms with van der Waals surface area (Å²) in [6.45, 7) is 3.39. The third-order valence-electron chi connectivity index (χ3n) is 8.50. The van der Waals surface area contributed by atoms with E-state index in [1.807, 2.05) is 0 Å². The van der Waals surface area contributed by atoms with Crippen molar-refractivity contribution < 1.29 is 28.3 Å². The highest BCUT2D eigenvalue weighted by Gasteiger charge is 2.49. The van der Waals surface area contributed by atoms with Crippen LogP contribution in [0.4, 0.5) is 10.1 Å². The molecule has 2 aliphatic rings. The molecular weight excluding hydrogens is 571 g/mol. The number of ketones is 1. The maximum atomic E-state index is 13.3. The lowest BCUT2D eigenvalue weighted by atomic mass is 9.76. The Balaban J connectivity index is 1.30. The molecule has 43 heavy (non-hydrogen) atoms. The van der Waals surface area contributed by atoms with E-state index in [0.717, 1.165) is 19.3 Å². The smallest absolute Gasteiger partial charge is 0.339 e. The summed E-state index contributed by atoms with van der Waals surface area (Å²) in [6.07, 6.45) is 2.39. The van der Waals surface area contributed by atoms with Gasteiger partial charge in [0, 0.05) is 21.5 Å². The van der Waals surface area contributed by atoms with Crippen LogP contribution in [-0.2, 0) is 14.3 Å². The number of esters is 1. The molecule has 1 aliphatic carbocycles. The number of nitrogens with zero attached hydrogens (tertiary/aromatic N) is 2. The van der Waals surface area contributed by atoms with Gasteiger partial charge in [-0.05, 0) is 86.2 Å². The average Bonchev–Trinajstić information content (AvgIpc) is 3.25. The summed E-state index contributed by atoms with van der Waals surface area (Å²) in [5, 5.41) is 0.978. The second-order valence-corrected chi connectivity index (χ2v) is 11.7. The molecule has 2 fully saturated rings. The molecule has 3 unspecified atom stereocenters. The van der Waals surface area contributed by atoms with Crippen LogP contribution in [0.3, 0.4) is 0 Å². The van der Waals surface area contributed by atoms with Crippen molar-refractivity contribution in [2.45, 2.75) is 33.1 Å². The van der Waals surface area contributed by atoms with Crippen molar-refractivity contribution in [1.82, 2.24) is 4.98 Å². The molecule has 3 atom stereocenters. The van der Waals surface area contributed by atoms with Crippen molar-refractivity contribution in [3.63, 3.8) is 0 Å². The molecular formula is C34H28ClFN2O5. The number of fused-ring (bicyclic) bond motifs is 2. The third kappa shape index (κ3) is 5.31. The van der Waals surface area contributed by atoms with Crippen molar-refractivity contribution in [3.8, 4) is 11.3 Å². The first kappa shape index (κ1) is 28.7. The van der Waals surface area contributed by atoms with Gasteiger partial charge in [0.05, 0.1) is 34.3 Å². The maximum absolute atomic E-state index is 13.3. The predicted molar refractivity (Wildman–Crippen MR) is 160 cm³/mol. The van der Waals surface area contributed by atoms with Gasteiger partial charge in [0.2, 0.25) is 11.8 Å². The molecule has 0 bridgehead atoms. The lowest BCUT2D eigenvalue weighted by Gasteiger charge is -2.25. The summed E-state index contributed by atoms with van der Waals surface area (Å²) in [5.74, 6) is -2.09. The van der Waals surface area contributed by atoms with E-state index >= 15 is 0 Å². The van der Waals surface area contributed by atoms with Crippen LogP contribution in [0.5, 0.6) is 0 Å². The topological polar surface area (TPSA) is 93.6 Å². The Morgan fingerprint density at radius 2 is 1.67 bits per heavy atom. The Kier molecular flexibility index (Phi) is 7.56. The first-order chi connectivity index (χ1) is 20.6. The molecule has 0 N–H and O–H groups in total. The van der Waals surface area contributed by atoms with Crippen LogP contribution in [0.25, 0.3) is 22.2 Å². The van der Waals surface area contributed by atoms with Crippen molar-refractivity contribution in [1.29, 1.82) is 0 Å². The number of hydrogen-bond acceptors (Lipinski definition) is 6. The zero-order chi connectivity index (χ0) is 30.4. The Morgan fingerprint density at radius 3 is 2.40 bits per heavy atom. The second kappa shape index (κ2) is 11.3. The molecule has 7 nitrogen and oxygen atoms in total. The number of benzene rings is 3. The fourth-order valence-corrected chi connectivity index (χ4v) is 6.23. The maximum Gasteiger partial charge on any atom is 0.339 e. The van der Waals surface area contributed by atoms with Crippen LogP contribution in [0.2, 0.25) is 5.02 Å². The SMILES string of the molecule is Cc1c(Cl)ccc2c(C(=O)OCC(=O)c3ccc(F)cc3)cc(-c3ccc(N4C(=O)C5CCC(C)CC5C4=O)cc3)nc12. The second-order valence-electron chi connectivity index (χ2n) is 11.3. The standard InChI is InChI=1S/C34H28ClFN2O5/c1-18-3-12-25-26(15-18)33(41)38(32(25)40)23-10-6-20(7-11-23)29-16-27(24-13-14-28(35)19(2)31(24)37-29)34(42)43-17-30(39)21-4-8-22(36)9-5-21/h4-11,13-14,16,18,25-26H,3,12,15,17H2,1-2H3. The van der Waals surface area contributed by atoms with E-state index in [2.05, 4.69) is 6.92 Å². The number of carbonyl (C=O) groups excluding carboxylic acids is 4. The van der Waals surface area contributed by atoms with Gasteiger partial charge < -0.3 is 4.74 Å². The molecule has 1 aromatic heterocycles. The molecule has 4 aromatic rings. The van der Waals surface area contributed by atoms with Gasteiger partial charge >= 0.3 is 5.97 Å². The first-order valence-corrected chi connectivity index (χ1v) is 14.5. The van der Waals surface area contributed by atoms with Gasteiger partial charge in [0.25, 0.3) is 0 Å². The molecule has 2 amide bonds. The monoisotopic (exact) mass is 598 g/mol. The highest BCUT2D eigenvalue weighted by Crippen LogP contribution is 2.42. The largest absolute Gasteiger partial charge is 0.454 e. The van der Waals surface area contributed by atoms with E-state index in [9.17, 15) is 23.6 Å². The van der Waals surface area contributed by atoms with Gasteiger partial charge in [-0.2, -0.15) is 0 Å². The molecule has 218 valence electrons. The number of aromatic nitrogens is 1. The van der Waals surface area contributed by atoms with Crippen molar-refractivity contribution in [3.05, 3.63) is 94.3 Å². The molecule has 0 radical (unpaired) electrons. The molecule has 1 aliphatic heterocycles. The number of anilines is 1. The Morgan fingerprint density at radius 1 is 0.977 bits per heavy atom. The predicted octanol–water partition coefficient (Wildman–Crippen LogP) is 6.97. The van der Waals surface area contributed by atoms with Gasteiger partial charge in [0.1, 0.15) is 5.82 Å². The number of pyridine rings is 1. The van der Waals surface area contributed by atoms with Crippen LogP contribution in [0.15, 0.2) is 66.7 Å². The molecule has 1 saturated heterocycles. The summed E-state index contributed by atoms with van der Waals surface area (Å²) in [7, 11) is 0. The molecule has 9 heteroatoms. The van der Waals surface area contributed by atoms with Crippen LogP contribution in [0.1, 0.15) is 52.5 Å². The van der Waals surface area contributed by atoms with E-state index in [1.54, 1.807) is 49.4 Å². The zero-order valence-electron chi connectivity index (χ0n) is 23.6. The first-order valence-electron chi connectivity index (χ1n) is 14.2. The number of ether oxygens (including phenoxy) is 1. The third-order valence-corrected chi connectivity index (χ3v) is 8.91. The van der Waals surface area contributed by atoms with Crippen LogP contribution >= 0.6 is 11.6 Å². The summed E-state index contributed by atoms with van der Waals surface area (Å²) >= 11 is 6.38. The summed E-state index contributed by atoms with van der Waals surface area (Å²) in [5.41, 5.74) is 3.17. The number of carbonyl (C=O) groups is 4. The fraction of sp³-hybridized carbons (Fsp3) is 0.265. The van der Waals surface area contributed by atoms with Crippen molar-refractivity contribution in [2.24, 2.45) is 17.8 Å². The van der Waals surface area contributed by atoms with Gasteiger partial charge in [-0.15, -0.1) is 0 Å². The molecule has 3 aromatic carbocycles. The number of imide groups is 1. The van der Waals surface area contributed by atoms with Crippen LogP contribution < -0.4 is 4.90 Å². The number of amides is 2. The Labute approximate surface area is 252 Å². The summed E-state index contributed by atoms with van der Waals surface area (Å²) in [6, 6.07) is 16.8. The van der Waals surface area contributed by atoms with E-state index in [-0.39, 0.29) is 34.8 Å². The summed E-state index contributed by atoms with van der Waals surface area (Å²) < 4.78 is 18.6. The fourth-order valence-electron chi connectivity index (χ4n) is 6.07. The average molecular weight is 599 g/mol. The highest BCUT2D eigenvalue weighted by molar-refractivity contribution is 6.32. The van der Waals surface area contributed by atoms with E-state index in [1.165, 1.54) is 29.2 Å². The minimum atomic E-state index is -0.729. The van der Waals surface area contributed by atoms with Gasteiger partial charge in [-0.25, -0.2) is 14.2 Å². The van der Waals surface area contributed by atoms with Gasteiger partial charge in [-0.1, -0.05) is 36.7 Å². The number of Topliss-reactive ketones (excluding diaryl/α,β-unsaturated/α-hetero) is 1. The quantitative estimate of drug-likeness (QED) is 0.135. The lowest BCUT2D eigenvalue weighted by molar-refractivity contribution is -0.122. The minimum Gasteiger partial charge on any atom is -0.454 e. The van der Waals surface area contributed by atoms with E-state index in [0.29, 0.717) is 44.4 Å². The number of aryl methyl sites for hydroxylation is 1. The number of hydrogen-bond donors (Lipinski definition) is 0. The van der Waals surface area contributed by atoms with Crippen LogP contribution in [-0.4, -0.2) is 35.2 Å².